The van der Waals surface area contributed by atoms with Crippen LogP contribution in [0.2, 0.25) is 0 Å². The third-order valence-corrected chi connectivity index (χ3v) is 7.76. The van der Waals surface area contributed by atoms with E-state index < -0.39 is 0 Å². The largest absolute Gasteiger partial charge is 0.337 e. The number of urea groups is 1. The van der Waals surface area contributed by atoms with Gasteiger partial charge in [-0.2, -0.15) is 0 Å². The number of hydrogen-bond acceptors (Lipinski definition) is 3. The first-order valence-corrected chi connectivity index (χ1v) is 12.7. The molecule has 1 aromatic carbocycles. The van der Waals surface area contributed by atoms with Gasteiger partial charge in [0.25, 0.3) is 0 Å². The Balaban J connectivity index is 1.35. The Labute approximate surface area is 193 Å². The molecule has 3 aliphatic rings. The minimum Gasteiger partial charge on any atom is -0.337 e. The van der Waals surface area contributed by atoms with Gasteiger partial charge in [-0.05, 0) is 44.1 Å². The van der Waals surface area contributed by atoms with Gasteiger partial charge in [0.15, 0.2) is 0 Å². The number of hydrogen-bond donors (Lipinski definition) is 0. The average Bonchev–Trinajstić information content (AvgIpc) is 3.38. The molecule has 6 nitrogen and oxygen atoms in total. The van der Waals surface area contributed by atoms with E-state index in [9.17, 15) is 9.59 Å². The van der Waals surface area contributed by atoms with E-state index in [2.05, 4.69) is 54.0 Å². The maximum Gasteiger partial charge on any atom is 0.319 e. The molecule has 3 amide bonds. The van der Waals surface area contributed by atoms with Crippen LogP contribution in [0.1, 0.15) is 57.9 Å². The minimum atomic E-state index is 0.0601. The lowest BCUT2D eigenvalue weighted by atomic mass is 9.92. The highest BCUT2D eigenvalue weighted by Gasteiger charge is 2.39. The first-order chi connectivity index (χ1) is 15.6. The van der Waals surface area contributed by atoms with Crippen LogP contribution in [0, 0.1) is 5.92 Å². The summed E-state index contributed by atoms with van der Waals surface area (Å²) < 4.78 is 0. The summed E-state index contributed by atoms with van der Waals surface area (Å²) in [7, 11) is 0. The molecule has 4 rings (SSSR count). The standard InChI is InChI=1S/C26H40N4O2/c1-3-23-20-30(24(4-2)19-29(23)18-21-10-6-5-7-11-21)25(31)22-12-16-28(17-13-22)26(32)27-14-8-9-15-27/h5-7,10-11,22-24H,3-4,8-9,12-20H2,1-2H3/t23-,24-/m0/s1. The number of carbonyl (C=O) groups excluding carboxylic acids is 2. The normalized spacial score (nSPS) is 25.4. The summed E-state index contributed by atoms with van der Waals surface area (Å²) in [6.45, 7) is 10.4. The Morgan fingerprint density at radius 3 is 2.09 bits per heavy atom. The molecule has 2 atom stereocenters. The average molecular weight is 441 g/mol. The molecule has 3 saturated heterocycles. The lowest BCUT2D eigenvalue weighted by Gasteiger charge is -2.47. The SMILES string of the molecule is CC[C@H]1CN(C(=O)C2CCN(C(=O)N3CCCC3)CC2)[C@@H](CC)CN1Cc1ccccc1. The van der Waals surface area contributed by atoms with Crippen molar-refractivity contribution < 1.29 is 9.59 Å². The summed E-state index contributed by atoms with van der Waals surface area (Å²) in [5.74, 6) is 0.382. The van der Waals surface area contributed by atoms with E-state index in [0.717, 1.165) is 71.2 Å². The molecule has 1 aromatic rings. The molecule has 176 valence electrons. The summed E-state index contributed by atoms with van der Waals surface area (Å²) >= 11 is 0. The molecular weight excluding hydrogens is 400 g/mol. The van der Waals surface area contributed by atoms with Crippen LogP contribution >= 0.6 is 0 Å². The van der Waals surface area contributed by atoms with Crippen LogP contribution in [0.4, 0.5) is 4.79 Å². The third kappa shape index (κ3) is 5.11. The van der Waals surface area contributed by atoms with Crippen molar-refractivity contribution in [1.82, 2.24) is 19.6 Å². The van der Waals surface area contributed by atoms with E-state index in [1.807, 2.05) is 9.80 Å². The number of amides is 3. The smallest absolute Gasteiger partial charge is 0.319 e. The van der Waals surface area contributed by atoms with E-state index in [1.165, 1.54) is 5.56 Å². The van der Waals surface area contributed by atoms with Crippen LogP contribution < -0.4 is 0 Å². The molecule has 0 aliphatic carbocycles. The molecule has 0 radical (unpaired) electrons. The highest BCUT2D eigenvalue weighted by Crippen LogP contribution is 2.27. The molecule has 3 aliphatic heterocycles. The Kier molecular flexibility index (Phi) is 7.71. The van der Waals surface area contributed by atoms with E-state index in [1.54, 1.807) is 0 Å². The van der Waals surface area contributed by atoms with E-state index >= 15 is 0 Å². The van der Waals surface area contributed by atoms with Gasteiger partial charge in [-0.25, -0.2) is 4.79 Å². The zero-order valence-corrected chi connectivity index (χ0v) is 19.9. The van der Waals surface area contributed by atoms with Crippen LogP contribution in [0.15, 0.2) is 30.3 Å². The van der Waals surface area contributed by atoms with Crippen LogP contribution in [-0.4, -0.2) is 82.9 Å². The highest BCUT2D eigenvalue weighted by atomic mass is 16.2. The van der Waals surface area contributed by atoms with Gasteiger partial charge in [-0.15, -0.1) is 0 Å². The molecule has 0 spiro atoms. The van der Waals surface area contributed by atoms with Gasteiger partial charge in [0.2, 0.25) is 5.91 Å². The van der Waals surface area contributed by atoms with E-state index in [0.29, 0.717) is 25.0 Å². The number of carbonyl (C=O) groups is 2. The maximum absolute atomic E-state index is 13.6. The van der Waals surface area contributed by atoms with Crippen molar-refractivity contribution in [2.24, 2.45) is 5.92 Å². The second-order valence-corrected chi connectivity index (χ2v) is 9.77. The van der Waals surface area contributed by atoms with Gasteiger partial charge in [0, 0.05) is 63.8 Å². The van der Waals surface area contributed by atoms with Gasteiger partial charge < -0.3 is 14.7 Å². The summed E-state index contributed by atoms with van der Waals surface area (Å²) in [5.41, 5.74) is 1.34. The fourth-order valence-electron chi connectivity index (χ4n) is 5.69. The van der Waals surface area contributed by atoms with Gasteiger partial charge in [-0.1, -0.05) is 44.2 Å². The lowest BCUT2D eigenvalue weighted by molar-refractivity contribution is -0.144. The number of nitrogens with zero attached hydrogens (tertiary/aromatic N) is 4. The summed E-state index contributed by atoms with van der Waals surface area (Å²) in [6, 6.07) is 11.5. The zero-order valence-electron chi connectivity index (χ0n) is 19.9. The Morgan fingerprint density at radius 2 is 1.47 bits per heavy atom. The second-order valence-electron chi connectivity index (χ2n) is 9.77. The third-order valence-electron chi connectivity index (χ3n) is 7.76. The quantitative estimate of drug-likeness (QED) is 0.699. The van der Waals surface area contributed by atoms with E-state index in [4.69, 9.17) is 0 Å². The molecule has 3 heterocycles. The lowest BCUT2D eigenvalue weighted by Crippen LogP contribution is -2.60. The van der Waals surface area contributed by atoms with Gasteiger partial charge >= 0.3 is 6.03 Å². The topological polar surface area (TPSA) is 47.1 Å². The van der Waals surface area contributed by atoms with Crippen molar-refractivity contribution in [2.75, 3.05) is 39.3 Å². The molecular formula is C26H40N4O2. The summed E-state index contributed by atoms with van der Waals surface area (Å²) in [5, 5.41) is 0. The first-order valence-electron chi connectivity index (χ1n) is 12.7. The maximum atomic E-state index is 13.6. The minimum absolute atomic E-state index is 0.0601. The monoisotopic (exact) mass is 440 g/mol. The van der Waals surface area contributed by atoms with Crippen LogP contribution in [0.5, 0.6) is 0 Å². The Morgan fingerprint density at radius 1 is 0.844 bits per heavy atom. The Hall–Kier alpha value is -2.08. The number of piperazine rings is 1. The highest BCUT2D eigenvalue weighted by molar-refractivity contribution is 5.80. The predicted octanol–water partition coefficient (Wildman–Crippen LogP) is 3.82. The van der Waals surface area contributed by atoms with Crippen LogP contribution in [0.25, 0.3) is 0 Å². The molecule has 3 fully saturated rings. The van der Waals surface area contributed by atoms with Crippen molar-refractivity contribution in [2.45, 2.75) is 71.0 Å². The number of benzene rings is 1. The molecule has 0 unspecified atom stereocenters. The summed E-state index contributed by atoms with van der Waals surface area (Å²) in [6.07, 6.45) is 5.88. The molecule has 32 heavy (non-hydrogen) atoms. The molecule has 0 aromatic heterocycles. The van der Waals surface area contributed by atoms with Crippen LogP contribution in [0.3, 0.4) is 0 Å². The van der Waals surface area contributed by atoms with Crippen LogP contribution in [-0.2, 0) is 11.3 Å². The number of rotatable bonds is 5. The Bertz CT molecular complexity index is 756. The number of likely N-dealkylation sites (tertiary alicyclic amines) is 2. The second kappa shape index (κ2) is 10.7. The predicted molar refractivity (Wildman–Crippen MR) is 127 cm³/mol. The van der Waals surface area contributed by atoms with Crippen molar-refractivity contribution in [3.63, 3.8) is 0 Å². The summed E-state index contributed by atoms with van der Waals surface area (Å²) in [4.78, 5) is 35.0. The van der Waals surface area contributed by atoms with Crippen molar-refractivity contribution in [1.29, 1.82) is 0 Å². The van der Waals surface area contributed by atoms with Crippen molar-refractivity contribution >= 4 is 11.9 Å². The molecule has 6 heteroatoms. The van der Waals surface area contributed by atoms with Gasteiger partial charge in [-0.3, -0.25) is 9.69 Å². The van der Waals surface area contributed by atoms with Crippen molar-refractivity contribution in [3.05, 3.63) is 35.9 Å². The fraction of sp³-hybridized carbons (Fsp3) is 0.692. The molecule has 0 saturated carbocycles. The van der Waals surface area contributed by atoms with Gasteiger partial charge in [0.05, 0.1) is 0 Å². The first kappa shape index (κ1) is 23.1. The van der Waals surface area contributed by atoms with E-state index in [-0.39, 0.29) is 18.0 Å². The molecule has 0 bridgehead atoms. The van der Waals surface area contributed by atoms with Gasteiger partial charge in [0.1, 0.15) is 0 Å². The number of piperidine rings is 1. The molecule has 0 N–H and O–H groups in total. The zero-order chi connectivity index (χ0) is 22.5. The fourth-order valence-corrected chi connectivity index (χ4v) is 5.69. The van der Waals surface area contributed by atoms with Crippen molar-refractivity contribution in [3.8, 4) is 0 Å².